The zero-order chi connectivity index (χ0) is 12.7. The highest BCUT2D eigenvalue weighted by Gasteiger charge is 2.04. The van der Waals surface area contributed by atoms with Crippen molar-refractivity contribution in [3.8, 4) is 5.75 Å². The van der Waals surface area contributed by atoms with Gasteiger partial charge in [0.1, 0.15) is 5.75 Å². The van der Waals surface area contributed by atoms with E-state index in [1.807, 2.05) is 12.1 Å². The Morgan fingerprint density at radius 3 is 3.00 bits per heavy atom. The number of allylic oxidation sites excluding steroid dienone is 1. The molecule has 0 unspecified atom stereocenters. The molecule has 0 saturated heterocycles. The van der Waals surface area contributed by atoms with E-state index < -0.39 is 0 Å². The van der Waals surface area contributed by atoms with E-state index in [2.05, 4.69) is 11.9 Å². The zero-order valence-corrected chi connectivity index (χ0v) is 10.0. The molecule has 0 bridgehead atoms. The number of carbonyl (C=O) groups is 1. The number of nitrogen functional groups attached to an aromatic ring is 1. The van der Waals surface area contributed by atoms with E-state index in [1.165, 1.54) is 0 Å². The summed E-state index contributed by atoms with van der Waals surface area (Å²) in [5.41, 5.74) is 7.38. The molecule has 0 aliphatic heterocycles. The summed E-state index contributed by atoms with van der Waals surface area (Å²) in [5, 5.41) is 2.55. The molecule has 4 nitrogen and oxygen atoms in total. The van der Waals surface area contributed by atoms with Gasteiger partial charge in [-0.05, 0) is 30.2 Å². The van der Waals surface area contributed by atoms with Gasteiger partial charge < -0.3 is 15.8 Å². The fraction of sp³-hybridized carbons (Fsp3) is 0.308. The summed E-state index contributed by atoms with van der Waals surface area (Å²) in [6, 6.07) is 5.46. The number of anilines is 1. The Morgan fingerprint density at radius 2 is 2.35 bits per heavy atom. The summed E-state index contributed by atoms with van der Waals surface area (Å²) in [5.74, 6) is 0.716. The third-order valence-electron chi connectivity index (χ3n) is 2.31. The van der Waals surface area contributed by atoms with Crippen LogP contribution >= 0.6 is 0 Å². The van der Waals surface area contributed by atoms with Gasteiger partial charge >= 0.3 is 0 Å². The van der Waals surface area contributed by atoms with Crippen molar-refractivity contribution in [3.63, 3.8) is 0 Å². The fourth-order valence-corrected chi connectivity index (χ4v) is 1.43. The van der Waals surface area contributed by atoms with Crippen molar-refractivity contribution >= 4 is 11.6 Å². The van der Waals surface area contributed by atoms with E-state index in [-0.39, 0.29) is 5.91 Å². The van der Waals surface area contributed by atoms with E-state index in [0.29, 0.717) is 25.1 Å². The summed E-state index contributed by atoms with van der Waals surface area (Å²) < 4.78 is 5.55. The zero-order valence-electron chi connectivity index (χ0n) is 10.0. The smallest absolute Gasteiger partial charge is 0.223 e. The monoisotopic (exact) mass is 234 g/mol. The molecule has 17 heavy (non-hydrogen) atoms. The maximum Gasteiger partial charge on any atom is 0.223 e. The summed E-state index contributed by atoms with van der Waals surface area (Å²) in [4.78, 5) is 11.0. The lowest BCUT2D eigenvalue weighted by Crippen LogP contribution is -2.20. The number of nitrogens with two attached hydrogens (primary N) is 1. The minimum absolute atomic E-state index is 0.0364. The van der Waals surface area contributed by atoms with Crippen LogP contribution in [0.1, 0.15) is 12.0 Å². The van der Waals surface area contributed by atoms with Crippen LogP contribution in [-0.4, -0.2) is 19.6 Å². The van der Waals surface area contributed by atoms with Crippen molar-refractivity contribution in [2.45, 2.75) is 12.8 Å². The molecule has 1 rings (SSSR count). The number of benzene rings is 1. The molecule has 0 radical (unpaired) electrons. The number of amides is 1. The van der Waals surface area contributed by atoms with Crippen molar-refractivity contribution in [2.24, 2.45) is 0 Å². The first-order valence-corrected chi connectivity index (χ1v) is 5.50. The molecular weight excluding hydrogens is 216 g/mol. The molecule has 0 atom stereocenters. The van der Waals surface area contributed by atoms with E-state index in [0.717, 1.165) is 11.3 Å². The molecular formula is C13H18N2O2. The predicted octanol–water partition coefficient (Wildman–Crippen LogP) is 1.51. The average molecular weight is 234 g/mol. The molecule has 92 valence electrons. The van der Waals surface area contributed by atoms with E-state index in [1.54, 1.807) is 19.2 Å². The maximum absolute atomic E-state index is 11.0. The Morgan fingerprint density at radius 1 is 1.59 bits per heavy atom. The minimum atomic E-state index is -0.0364. The van der Waals surface area contributed by atoms with Crippen LogP contribution in [0.4, 0.5) is 5.69 Å². The van der Waals surface area contributed by atoms with Gasteiger partial charge in [-0.1, -0.05) is 6.08 Å². The molecule has 1 aromatic carbocycles. The van der Waals surface area contributed by atoms with Gasteiger partial charge in [0.05, 0.1) is 13.0 Å². The molecule has 1 aromatic rings. The normalized spacial score (nSPS) is 9.71. The van der Waals surface area contributed by atoms with Crippen LogP contribution < -0.4 is 15.8 Å². The number of hydrogen-bond acceptors (Lipinski definition) is 3. The van der Waals surface area contributed by atoms with Gasteiger partial charge in [-0.3, -0.25) is 4.79 Å². The lowest BCUT2D eigenvalue weighted by Gasteiger charge is -2.10. The Kier molecular flexibility index (Phi) is 5.07. The quantitative estimate of drug-likeness (QED) is 0.579. The first kappa shape index (κ1) is 13.1. The first-order chi connectivity index (χ1) is 8.17. The molecule has 0 aliphatic carbocycles. The number of hydrogen-bond donors (Lipinski definition) is 2. The van der Waals surface area contributed by atoms with E-state index in [9.17, 15) is 4.79 Å². The highest BCUT2D eigenvalue weighted by atomic mass is 16.5. The molecule has 4 heteroatoms. The van der Waals surface area contributed by atoms with Crippen molar-refractivity contribution in [3.05, 3.63) is 36.4 Å². The number of nitrogens with one attached hydrogen (secondary N) is 1. The second kappa shape index (κ2) is 6.58. The molecule has 0 spiro atoms. The molecule has 0 aliphatic rings. The highest BCUT2D eigenvalue weighted by molar-refractivity contribution is 5.75. The van der Waals surface area contributed by atoms with Crippen LogP contribution in [0, 0.1) is 0 Å². The molecule has 0 aromatic heterocycles. The van der Waals surface area contributed by atoms with Gasteiger partial charge in [-0.25, -0.2) is 0 Å². The van der Waals surface area contributed by atoms with Crippen LogP contribution in [0.25, 0.3) is 0 Å². The van der Waals surface area contributed by atoms with Crippen LogP contribution in [0.3, 0.4) is 0 Å². The van der Waals surface area contributed by atoms with Crippen LogP contribution in [0.2, 0.25) is 0 Å². The Balaban J connectivity index is 2.63. The first-order valence-electron chi connectivity index (χ1n) is 5.50. The lowest BCUT2D eigenvalue weighted by molar-refractivity contribution is -0.121. The van der Waals surface area contributed by atoms with Gasteiger partial charge in [0.25, 0.3) is 0 Å². The SMILES string of the molecule is C=CCc1cc(N)ccc1OCCC(=O)NC. The van der Waals surface area contributed by atoms with Crippen LogP contribution in [-0.2, 0) is 11.2 Å². The summed E-state index contributed by atoms with van der Waals surface area (Å²) in [7, 11) is 1.61. The standard InChI is InChI=1S/C13H18N2O2/c1-3-4-10-9-11(14)5-6-12(10)17-8-7-13(16)15-2/h3,5-6,9H,1,4,7-8,14H2,2H3,(H,15,16). The third kappa shape index (κ3) is 4.18. The van der Waals surface area contributed by atoms with Crippen molar-refractivity contribution in [1.82, 2.24) is 5.32 Å². The maximum atomic E-state index is 11.0. The van der Waals surface area contributed by atoms with Gasteiger partial charge in [0.15, 0.2) is 0 Å². The fourth-order valence-electron chi connectivity index (χ4n) is 1.43. The van der Waals surface area contributed by atoms with Gasteiger partial charge in [0, 0.05) is 12.7 Å². The topological polar surface area (TPSA) is 64.3 Å². The van der Waals surface area contributed by atoms with Gasteiger partial charge in [0.2, 0.25) is 5.91 Å². The molecule has 0 heterocycles. The Labute approximate surface area is 101 Å². The number of ether oxygens (including phenoxy) is 1. The van der Waals surface area contributed by atoms with Crippen LogP contribution in [0.5, 0.6) is 5.75 Å². The molecule has 1 amide bonds. The van der Waals surface area contributed by atoms with E-state index in [4.69, 9.17) is 10.5 Å². The van der Waals surface area contributed by atoms with Gasteiger partial charge in [-0.2, -0.15) is 0 Å². The third-order valence-corrected chi connectivity index (χ3v) is 2.31. The number of rotatable bonds is 6. The molecule has 3 N–H and O–H groups in total. The van der Waals surface area contributed by atoms with Gasteiger partial charge in [-0.15, -0.1) is 6.58 Å². The van der Waals surface area contributed by atoms with Crippen LogP contribution in [0.15, 0.2) is 30.9 Å². The second-order valence-electron chi connectivity index (χ2n) is 3.63. The number of carbonyl (C=O) groups excluding carboxylic acids is 1. The van der Waals surface area contributed by atoms with Crippen molar-refractivity contribution in [1.29, 1.82) is 0 Å². The lowest BCUT2D eigenvalue weighted by atomic mass is 10.1. The largest absolute Gasteiger partial charge is 0.493 e. The van der Waals surface area contributed by atoms with Crippen molar-refractivity contribution in [2.75, 3.05) is 19.4 Å². The van der Waals surface area contributed by atoms with Crippen molar-refractivity contribution < 1.29 is 9.53 Å². The predicted molar refractivity (Wildman–Crippen MR) is 68.9 cm³/mol. The highest BCUT2D eigenvalue weighted by Crippen LogP contribution is 2.22. The minimum Gasteiger partial charge on any atom is -0.493 e. The summed E-state index contributed by atoms with van der Waals surface area (Å²) in [6.45, 7) is 4.04. The molecule has 0 fully saturated rings. The summed E-state index contributed by atoms with van der Waals surface area (Å²) >= 11 is 0. The Hall–Kier alpha value is -1.97. The summed E-state index contributed by atoms with van der Waals surface area (Å²) in [6.07, 6.45) is 2.83. The Bertz CT molecular complexity index is 402. The second-order valence-corrected chi connectivity index (χ2v) is 3.63. The van der Waals surface area contributed by atoms with E-state index >= 15 is 0 Å². The molecule has 0 saturated carbocycles. The average Bonchev–Trinajstić information content (AvgIpc) is 2.32.